The summed E-state index contributed by atoms with van der Waals surface area (Å²) in [6.45, 7) is 0.364. The van der Waals surface area contributed by atoms with Gasteiger partial charge in [0.2, 0.25) is 10.0 Å². The summed E-state index contributed by atoms with van der Waals surface area (Å²) in [7, 11) is -3.74. The van der Waals surface area contributed by atoms with Crippen LogP contribution in [-0.4, -0.2) is 26.0 Å². The van der Waals surface area contributed by atoms with Gasteiger partial charge in [-0.15, -0.1) is 0 Å². The van der Waals surface area contributed by atoms with E-state index in [1.807, 2.05) is 0 Å². The van der Waals surface area contributed by atoms with Gasteiger partial charge >= 0.3 is 0 Å². The van der Waals surface area contributed by atoms with Crippen LogP contribution in [0.5, 0.6) is 0 Å². The maximum atomic E-state index is 13.1. The first-order valence-corrected chi connectivity index (χ1v) is 8.68. The van der Waals surface area contributed by atoms with Gasteiger partial charge in [0.05, 0.1) is 5.69 Å². The molecule has 1 aliphatic rings. The molecule has 0 amide bonds. The Morgan fingerprint density at radius 2 is 2.21 bits per heavy atom. The fourth-order valence-corrected chi connectivity index (χ4v) is 4.56. The van der Waals surface area contributed by atoms with Crippen molar-refractivity contribution in [2.45, 2.75) is 29.4 Å². The second-order valence-corrected chi connectivity index (χ2v) is 7.67. The molecule has 0 radical (unpaired) electrons. The van der Waals surface area contributed by atoms with Crippen LogP contribution in [-0.2, 0) is 10.0 Å². The fraction of sp³-hybridized carbons (Fsp3) is 0.500. The molecule has 1 atom stereocenters. The predicted octanol–water partition coefficient (Wildman–Crippen LogP) is 1.97. The second kappa shape index (κ2) is 6.11. The Kier molecular flexibility index (Phi) is 4.70. The zero-order valence-electron chi connectivity index (χ0n) is 10.4. The third kappa shape index (κ3) is 3.84. The van der Waals surface area contributed by atoms with Gasteiger partial charge in [-0.2, -0.15) is 11.8 Å². The minimum absolute atomic E-state index is 0.0604. The maximum absolute atomic E-state index is 13.1. The van der Waals surface area contributed by atoms with E-state index in [4.69, 9.17) is 5.73 Å². The molecule has 7 heteroatoms. The highest BCUT2D eigenvalue weighted by atomic mass is 32.2. The molecule has 0 saturated carbocycles. The summed E-state index contributed by atoms with van der Waals surface area (Å²) in [4.78, 5) is -0.187. The van der Waals surface area contributed by atoms with E-state index in [1.165, 1.54) is 12.5 Å². The van der Waals surface area contributed by atoms with E-state index in [9.17, 15) is 12.8 Å². The highest BCUT2D eigenvalue weighted by Gasteiger charge is 2.21. The number of rotatable bonds is 4. The van der Waals surface area contributed by atoms with Crippen molar-refractivity contribution in [3.05, 3.63) is 24.0 Å². The van der Waals surface area contributed by atoms with Gasteiger partial charge in [0, 0.05) is 11.8 Å². The lowest BCUT2D eigenvalue weighted by molar-refractivity contribution is 0.571. The lowest BCUT2D eigenvalue weighted by Crippen LogP contribution is -2.32. The topological polar surface area (TPSA) is 72.2 Å². The molecule has 1 fully saturated rings. The lowest BCUT2D eigenvalue weighted by atomic mass is 10.2. The van der Waals surface area contributed by atoms with E-state index in [0.29, 0.717) is 11.8 Å². The molecule has 4 nitrogen and oxygen atoms in total. The monoisotopic (exact) mass is 304 g/mol. The maximum Gasteiger partial charge on any atom is 0.242 e. The average molecular weight is 304 g/mol. The Bertz CT molecular complexity index is 543. The molecular weight excluding hydrogens is 287 g/mol. The van der Waals surface area contributed by atoms with Crippen LogP contribution in [0.1, 0.15) is 19.3 Å². The molecule has 0 aromatic heterocycles. The summed E-state index contributed by atoms with van der Waals surface area (Å²) < 4.78 is 39.8. The van der Waals surface area contributed by atoms with Gasteiger partial charge in [0.1, 0.15) is 10.7 Å². The Balaban J connectivity index is 2.07. The quantitative estimate of drug-likeness (QED) is 0.834. The van der Waals surface area contributed by atoms with Gasteiger partial charge in [-0.25, -0.2) is 17.5 Å². The molecule has 0 spiro atoms. The number of sulfonamides is 1. The molecule has 19 heavy (non-hydrogen) atoms. The number of thioether (sulfide) groups is 1. The first kappa shape index (κ1) is 14.6. The minimum Gasteiger partial charge on any atom is -0.398 e. The molecule has 0 aliphatic carbocycles. The number of hydrogen-bond donors (Lipinski definition) is 2. The third-order valence-electron chi connectivity index (χ3n) is 3.04. The van der Waals surface area contributed by atoms with Gasteiger partial charge < -0.3 is 5.73 Å². The van der Waals surface area contributed by atoms with Gasteiger partial charge in [0.25, 0.3) is 0 Å². The number of hydrogen-bond acceptors (Lipinski definition) is 4. The first-order valence-electron chi connectivity index (χ1n) is 6.15. The average Bonchev–Trinajstić information content (AvgIpc) is 2.40. The Labute approximate surface area is 117 Å². The predicted molar refractivity (Wildman–Crippen MR) is 76.1 cm³/mol. The van der Waals surface area contributed by atoms with Crippen molar-refractivity contribution < 1.29 is 12.8 Å². The van der Waals surface area contributed by atoms with Crippen LogP contribution >= 0.6 is 11.8 Å². The molecular formula is C12H17FN2O2S2. The fourth-order valence-electron chi connectivity index (χ4n) is 1.99. The second-order valence-electron chi connectivity index (χ2n) is 4.52. The summed E-state index contributed by atoms with van der Waals surface area (Å²) in [5, 5.41) is 0.290. The smallest absolute Gasteiger partial charge is 0.242 e. The Morgan fingerprint density at radius 1 is 1.42 bits per heavy atom. The molecule has 1 aliphatic heterocycles. The van der Waals surface area contributed by atoms with Gasteiger partial charge in [-0.3, -0.25) is 0 Å². The zero-order valence-corrected chi connectivity index (χ0v) is 12.1. The van der Waals surface area contributed by atoms with E-state index in [0.717, 1.165) is 30.7 Å². The van der Waals surface area contributed by atoms with Gasteiger partial charge in [-0.05, 0) is 36.8 Å². The van der Waals surface area contributed by atoms with Crippen LogP contribution in [0, 0.1) is 5.82 Å². The zero-order chi connectivity index (χ0) is 13.9. The number of halogens is 1. The molecule has 1 aromatic carbocycles. The number of nitrogens with two attached hydrogens (primary N) is 1. The largest absolute Gasteiger partial charge is 0.398 e. The van der Waals surface area contributed by atoms with E-state index in [2.05, 4.69) is 4.72 Å². The highest BCUT2D eigenvalue weighted by molar-refractivity contribution is 8.00. The molecule has 1 heterocycles. The summed E-state index contributed by atoms with van der Waals surface area (Å²) in [5.41, 5.74) is 5.65. The van der Waals surface area contributed by atoms with Crippen LogP contribution in [0.4, 0.5) is 10.1 Å². The van der Waals surface area contributed by atoms with E-state index >= 15 is 0 Å². The van der Waals surface area contributed by atoms with Gasteiger partial charge in [0.15, 0.2) is 0 Å². The van der Waals surface area contributed by atoms with Crippen LogP contribution in [0.15, 0.2) is 23.1 Å². The molecule has 106 valence electrons. The molecule has 1 unspecified atom stereocenters. The highest BCUT2D eigenvalue weighted by Crippen LogP contribution is 2.25. The standard InChI is InChI=1S/C12H17FN2O2S2/c13-9-4-5-11(14)12(7-9)19(16,17)15-8-10-3-1-2-6-18-10/h4-5,7,10,15H,1-3,6,8,14H2. The molecule has 3 N–H and O–H groups in total. The van der Waals surface area contributed by atoms with Crippen LogP contribution in [0.25, 0.3) is 0 Å². The minimum atomic E-state index is -3.74. The number of nitrogens with one attached hydrogen (secondary N) is 1. The van der Waals surface area contributed by atoms with E-state index < -0.39 is 15.8 Å². The summed E-state index contributed by atoms with van der Waals surface area (Å²) >= 11 is 1.77. The van der Waals surface area contributed by atoms with Crippen LogP contribution in [0.2, 0.25) is 0 Å². The molecule has 2 rings (SSSR count). The summed E-state index contributed by atoms with van der Waals surface area (Å²) in [6, 6.07) is 3.36. The number of anilines is 1. The number of benzene rings is 1. The van der Waals surface area contributed by atoms with Crippen molar-refractivity contribution in [1.29, 1.82) is 0 Å². The summed E-state index contributed by atoms with van der Waals surface area (Å²) in [5.74, 6) is 0.454. The van der Waals surface area contributed by atoms with Crippen molar-refractivity contribution in [2.24, 2.45) is 0 Å². The van der Waals surface area contributed by atoms with Gasteiger partial charge in [-0.1, -0.05) is 6.42 Å². The van der Waals surface area contributed by atoms with E-state index in [-0.39, 0.29) is 10.6 Å². The van der Waals surface area contributed by atoms with Crippen LogP contribution < -0.4 is 10.5 Å². The molecule has 1 aromatic rings. The Morgan fingerprint density at radius 3 is 2.89 bits per heavy atom. The normalized spacial score (nSPS) is 20.4. The first-order chi connectivity index (χ1) is 8.99. The van der Waals surface area contributed by atoms with Crippen molar-refractivity contribution in [2.75, 3.05) is 18.0 Å². The van der Waals surface area contributed by atoms with Crippen molar-refractivity contribution >= 4 is 27.5 Å². The van der Waals surface area contributed by atoms with Crippen LogP contribution in [0.3, 0.4) is 0 Å². The van der Waals surface area contributed by atoms with Crippen molar-refractivity contribution in [3.63, 3.8) is 0 Å². The SMILES string of the molecule is Nc1ccc(F)cc1S(=O)(=O)NCC1CCCCS1. The summed E-state index contributed by atoms with van der Waals surface area (Å²) in [6.07, 6.45) is 3.32. The van der Waals surface area contributed by atoms with Crippen molar-refractivity contribution in [3.8, 4) is 0 Å². The van der Waals surface area contributed by atoms with E-state index in [1.54, 1.807) is 11.8 Å². The third-order valence-corrected chi connectivity index (χ3v) is 5.92. The Hall–Kier alpha value is -0.790. The van der Waals surface area contributed by atoms with Crippen molar-refractivity contribution in [1.82, 2.24) is 4.72 Å². The molecule has 0 bridgehead atoms. The molecule has 1 saturated heterocycles. The lowest BCUT2D eigenvalue weighted by Gasteiger charge is -2.21. The number of nitrogen functional groups attached to an aromatic ring is 1.